The zero-order valence-corrected chi connectivity index (χ0v) is 18.7. The first-order chi connectivity index (χ1) is 16.1. The molecule has 1 saturated heterocycles. The number of hydrogen-bond donors (Lipinski definition) is 1. The summed E-state index contributed by atoms with van der Waals surface area (Å²) in [7, 11) is 0. The van der Waals surface area contributed by atoms with Gasteiger partial charge in [0.1, 0.15) is 5.82 Å². The molecule has 2 N–H and O–H groups in total. The van der Waals surface area contributed by atoms with Crippen LogP contribution < -0.4 is 10.6 Å². The van der Waals surface area contributed by atoms with Crippen molar-refractivity contribution in [3.05, 3.63) is 58.5 Å². The van der Waals surface area contributed by atoms with Crippen LogP contribution in [-0.2, 0) is 24.4 Å². The van der Waals surface area contributed by atoms with E-state index in [-0.39, 0.29) is 11.8 Å². The predicted molar refractivity (Wildman–Crippen MR) is 125 cm³/mol. The van der Waals surface area contributed by atoms with Gasteiger partial charge in [0.2, 0.25) is 5.95 Å². The highest BCUT2D eigenvalue weighted by Crippen LogP contribution is 2.42. The van der Waals surface area contributed by atoms with Gasteiger partial charge in [-0.15, -0.1) is 11.3 Å². The quantitative estimate of drug-likeness (QED) is 0.493. The molecule has 0 bridgehead atoms. The molecular formula is C23H22FN7OS. The molecule has 0 saturated carbocycles. The van der Waals surface area contributed by atoms with E-state index in [0.29, 0.717) is 19.0 Å². The first kappa shape index (κ1) is 20.4. The number of benzene rings is 1. The van der Waals surface area contributed by atoms with E-state index in [0.717, 1.165) is 59.9 Å². The lowest BCUT2D eigenvalue weighted by Gasteiger charge is -2.28. The number of nitrogen functional groups attached to an aromatic ring is 1. The molecule has 0 spiro atoms. The largest absolute Gasteiger partial charge is 0.378 e. The highest BCUT2D eigenvalue weighted by Gasteiger charge is 2.29. The van der Waals surface area contributed by atoms with Gasteiger partial charge in [-0.1, -0.05) is 12.1 Å². The highest BCUT2D eigenvalue weighted by atomic mass is 32.1. The van der Waals surface area contributed by atoms with Crippen molar-refractivity contribution >= 4 is 33.3 Å². The van der Waals surface area contributed by atoms with Crippen LogP contribution in [-0.4, -0.2) is 51.1 Å². The number of hydrogen-bond acceptors (Lipinski definition) is 9. The Morgan fingerprint density at radius 1 is 1.03 bits per heavy atom. The Balaban J connectivity index is 1.39. The average Bonchev–Trinajstić information content (AvgIpc) is 3.38. The van der Waals surface area contributed by atoms with E-state index in [1.807, 2.05) is 12.1 Å². The lowest BCUT2D eigenvalue weighted by Crippen LogP contribution is -2.37. The summed E-state index contributed by atoms with van der Waals surface area (Å²) < 4.78 is 19.9. The first-order valence-electron chi connectivity index (χ1n) is 10.8. The summed E-state index contributed by atoms with van der Waals surface area (Å²) in [6, 6.07) is 6.72. The Hall–Kier alpha value is -3.21. The maximum Gasteiger partial charge on any atom is 0.219 e. The van der Waals surface area contributed by atoms with Crippen LogP contribution in [0.2, 0.25) is 0 Å². The van der Waals surface area contributed by atoms with E-state index < -0.39 is 0 Å². The van der Waals surface area contributed by atoms with Crippen LogP contribution in [0, 0.1) is 5.82 Å². The van der Waals surface area contributed by atoms with Crippen LogP contribution in [0.15, 0.2) is 36.7 Å². The minimum atomic E-state index is -0.211. The summed E-state index contributed by atoms with van der Waals surface area (Å²) in [6.45, 7) is 5.36. The minimum Gasteiger partial charge on any atom is -0.378 e. The van der Waals surface area contributed by atoms with Crippen LogP contribution >= 0.6 is 11.3 Å². The Morgan fingerprint density at radius 2 is 1.79 bits per heavy atom. The molecular weight excluding hydrogens is 441 g/mol. The molecule has 0 atom stereocenters. The monoisotopic (exact) mass is 463 g/mol. The first-order valence-corrected chi connectivity index (χ1v) is 11.7. The van der Waals surface area contributed by atoms with Crippen molar-refractivity contribution in [1.29, 1.82) is 0 Å². The van der Waals surface area contributed by atoms with E-state index in [2.05, 4.69) is 19.8 Å². The second-order valence-corrected chi connectivity index (χ2v) is 9.36. The van der Waals surface area contributed by atoms with Gasteiger partial charge in [-0.2, -0.15) is 0 Å². The van der Waals surface area contributed by atoms with Gasteiger partial charge >= 0.3 is 0 Å². The van der Waals surface area contributed by atoms with E-state index in [4.69, 9.17) is 20.4 Å². The predicted octanol–water partition coefficient (Wildman–Crippen LogP) is 3.22. The summed E-state index contributed by atoms with van der Waals surface area (Å²) in [5, 5.41) is 0. The molecule has 2 aliphatic rings. The number of thiophene rings is 1. The van der Waals surface area contributed by atoms with Gasteiger partial charge in [-0.05, 0) is 17.7 Å². The molecule has 1 fully saturated rings. The van der Waals surface area contributed by atoms with Crippen LogP contribution in [0.25, 0.3) is 21.6 Å². The summed E-state index contributed by atoms with van der Waals surface area (Å²) in [6.07, 6.45) is 3.33. The van der Waals surface area contributed by atoms with Crippen LogP contribution in [0.4, 0.5) is 16.2 Å². The van der Waals surface area contributed by atoms with Gasteiger partial charge in [0.25, 0.3) is 0 Å². The normalized spacial score (nSPS) is 16.5. The fourth-order valence-corrected chi connectivity index (χ4v) is 5.67. The smallest absolute Gasteiger partial charge is 0.219 e. The van der Waals surface area contributed by atoms with Crippen molar-refractivity contribution < 1.29 is 9.13 Å². The molecule has 6 rings (SSSR count). The van der Waals surface area contributed by atoms with Crippen LogP contribution in [0.3, 0.4) is 0 Å². The molecule has 2 aliphatic heterocycles. The van der Waals surface area contributed by atoms with Crippen molar-refractivity contribution in [2.24, 2.45) is 0 Å². The second-order valence-electron chi connectivity index (χ2n) is 8.25. The number of morpholine rings is 1. The van der Waals surface area contributed by atoms with Gasteiger partial charge in [-0.25, -0.2) is 24.3 Å². The Kier molecular flexibility index (Phi) is 5.12. The minimum absolute atomic E-state index is 0.211. The summed E-state index contributed by atoms with van der Waals surface area (Å²) in [4.78, 5) is 24.1. The average molecular weight is 464 g/mol. The molecule has 3 aromatic heterocycles. The lowest BCUT2D eigenvalue weighted by atomic mass is 10.2. The van der Waals surface area contributed by atoms with Crippen molar-refractivity contribution in [1.82, 2.24) is 24.8 Å². The number of rotatable bonds is 4. The maximum absolute atomic E-state index is 13.3. The Bertz CT molecular complexity index is 1300. The van der Waals surface area contributed by atoms with Crippen LogP contribution in [0.5, 0.6) is 0 Å². The Labute approximate surface area is 193 Å². The van der Waals surface area contributed by atoms with Crippen molar-refractivity contribution in [2.75, 3.05) is 36.9 Å². The summed E-state index contributed by atoms with van der Waals surface area (Å²) >= 11 is 1.77. The number of ether oxygens (including phenoxy) is 1. The molecule has 33 heavy (non-hydrogen) atoms. The van der Waals surface area contributed by atoms with E-state index in [1.165, 1.54) is 22.6 Å². The molecule has 0 unspecified atom stereocenters. The molecule has 10 heteroatoms. The highest BCUT2D eigenvalue weighted by molar-refractivity contribution is 7.19. The molecule has 0 radical (unpaired) electrons. The van der Waals surface area contributed by atoms with Crippen molar-refractivity contribution in [3.8, 4) is 11.4 Å². The number of aromatic nitrogens is 4. The molecule has 8 nitrogen and oxygen atoms in total. The van der Waals surface area contributed by atoms with E-state index in [1.54, 1.807) is 23.7 Å². The third-order valence-electron chi connectivity index (χ3n) is 6.00. The van der Waals surface area contributed by atoms with Crippen molar-refractivity contribution in [3.63, 3.8) is 0 Å². The molecule has 5 heterocycles. The van der Waals surface area contributed by atoms with Gasteiger partial charge in [-0.3, -0.25) is 4.90 Å². The number of fused-ring (bicyclic) bond motifs is 3. The van der Waals surface area contributed by atoms with Gasteiger partial charge in [0.15, 0.2) is 11.6 Å². The van der Waals surface area contributed by atoms with E-state index in [9.17, 15) is 4.39 Å². The van der Waals surface area contributed by atoms with Gasteiger partial charge in [0.05, 0.1) is 29.0 Å². The third-order valence-corrected chi connectivity index (χ3v) is 7.21. The molecule has 1 aromatic carbocycles. The van der Waals surface area contributed by atoms with Gasteiger partial charge in [0, 0.05) is 55.6 Å². The molecule has 0 aliphatic carbocycles. The van der Waals surface area contributed by atoms with E-state index >= 15 is 0 Å². The zero-order valence-electron chi connectivity index (χ0n) is 17.9. The number of anilines is 2. The van der Waals surface area contributed by atoms with Gasteiger partial charge < -0.3 is 15.4 Å². The second kappa shape index (κ2) is 8.29. The maximum atomic E-state index is 13.3. The molecule has 0 amide bonds. The number of halogens is 1. The lowest BCUT2D eigenvalue weighted by molar-refractivity contribution is 0.122. The zero-order chi connectivity index (χ0) is 22.4. The molecule has 168 valence electrons. The number of nitrogens with zero attached hydrogens (tertiary/aromatic N) is 6. The summed E-state index contributed by atoms with van der Waals surface area (Å²) in [5.74, 6) is 1.55. The number of nitrogens with two attached hydrogens (primary N) is 1. The fourth-order valence-electron chi connectivity index (χ4n) is 4.36. The van der Waals surface area contributed by atoms with Crippen molar-refractivity contribution in [2.45, 2.75) is 19.6 Å². The fraction of sp³-hybridized carbons (Fsp3) is 0.304. The Morgan fingerprint density at radius 3 is 2.55 bits per heavy atom. The topological polar surface area (TPSA) is 93.3 Å². The standard InChI is InChI=1S/C23H22FN7OS/c24-16-3-1-14(2-4-16)11-30-12-17-18(13-30)33-20-19(17)28-21(15-9-26-23(25)27-10-15)29-22(20)31-5-7-32-8-6-31/h1-4,9-10H,5-8,11-13H2,(H2,25,26,27). The SMILES string of the molecule is Nc1ncc(-c2nc(N3CCOCC3)c3sc4c(c3n2)CN(Cc2ccc(F)cc2)C4)cn1. The van der Waals surface area contributed by atoms with Crippen LogP contribution in [0.1, 0.15) is 16.0 Å². The third kappa shape index (κ3) is 3.90. The molecule has 4 aromatic rings. The summed E-state index contributed by atoms with van der Waals surface area (Å²) in [5.41, 5.74) is 9.74.